The van der Waals surface area contributed by atoms with Crippen molar-refractivity contribution in [3.63, 3.8) is 0 Å². The van der Waals surface area contributed by atoms with E-state index in [0.717, 1.165) is 4.67 Å². The Hall–Kier alpha value is -0.410. The highest BCUT2D eigenvalue weighted by Gasteiger charge is 2.48. The lowest BCUT2D eigenvalue weighted by Crippen LogP contribution is -2.62. The normalized spacial score (nSPS) is 29.4. The van der Waals surface area contributed by atoms with Crippen LogP contribution in [-0.2, 0) is 13.9 Å². The molecule has 1 aliphatic rings. The smallest absolute Gasteiger partial charge is 0.328 e. The predicted molar refractivity (Wildman–Crippen MR) is 39.8 cm³/mol. The molecule has 0 bridgehead atoms. The van der Waals surface area contributed by atoms with E-state index in [4.69, 9.17) is 10.3 Å². The van der Waals surface area contributed by atoms with Crippen LogP contribution in [0.3, 0.4) is 0 Å². The first-order chi connectivity index (χ1) is 5.76. The highest BCUT2D eigenvalue weighted by molar-refractivity contribution is 7.23. The number of β-lactam (4-membered cyclic amide) rings is 1. The highest BCUT2D eigenvalue weighted by Crippen LogP contribution is 2.31. The zero-order valence-corrected chi connectivity index (χ0v) is 7.66. The van der Waals surface area contributed by atoms with Crippen molar-refractivity contribution >= 4 is 23.1 Å². The van der Waals surface area contributed by atoms with Crippen molar-refractivity contribution in [2.24, 2.45) is 0 Å². The monoisotopic (exact) mass is 208 g/mol. The van der Waals surface area contributed by atoms with Gasteiger partial charge in [0.05, 0.1) is 6.61 Å². The Labute approximate surface area is 71.5 Å². The van der Waals surface area contributed by atoms with Crippen LogP contribution in [0.1, 0.15) is 0 Å². The molecule has 6 nitrogen and oxygen atoms in total. The van der Waals surface area contributed by atoms with Crippen LogP contribution in [0.5, 0.6) is 0 Å². The topological polar surface area (TPSA) is 90.7 Å². The number of nitrogens with zero attached hydrogens (tertiary/aromatic N) is 1. The number of aliphatic hydroxyl groups is 1. The maximum absolute atomic E-state index is 11.0. The molecule has 1 heterocycles. The molecule has 2 N–H and O–H groups in total. The van der Waals surface area contributed by atoms with Crippen LogP contribution in [-0.4, -0.2) is 34.4 Å². The van der Waals surface area contributed by atoms with E-state index in [1.165, 1.54) is 0 Å². The van der Waals surface area contributed by atoms with Gasteiger partial charge in [0.2, 0.25) is 0 Å². The van der Waals surface area contributed by atoms with E-state index < -0.39 is 26.7 Å². The van der Waals surface area contributed by atoms with Crippen LogP contribution < -0.4 is 0 Å². The molecule has 8 heteroatoms. The number of carbonyl (C=O) groups is 1. The fourth-order valence-electron chi connectivity index (χ4n) is 0.963. The van der Waals surface area contributed by atoms with Crippen LogP contribution in [0.25, 0.3) is 0 Å². The first-order valence-corrected chi connectivity index (χ1v) is 4.63. The lowest BCUT2D eigenvalue weighted by atomic mass is 10.0. The molecule has 66 valence electrons. The summed E-state index contributed by atoms with van der Waals surface area (Å²) in [6.07, 6.45) is -0.855. The van der Waals surface area contributed by atoms with E-state index in [9.17, 15) is 9.36 Å². The van der Waals surface area contributed by atoms with E-state index in [-0.39, 0.29) is 15.1 Å². The van der Waals surface area contributed by atoms with Gasteiger partial charge in [-0.3, -0.25) is 19.2 Å². The summed E-state index contributed by atoms with van der Waals surface area (Å²) in [5, 5.41) is 15.6. The number of hydrogen-bond acceptors (Lipinski definition) is 5. The highest BCUT2D eigenvalue weighted by atomic mass is 31.1. The number of aliphatic hydroxyl groups excluding tert-OH is 1. The summed E-state index contributed by atoms with van der Waals surface area (Å²) in [4.78, 5) is 11.0. The number of hydrogen-bond donors (Lipinski definition) is 2. The van der Waals surface area contributed by atoms with Gasteiger partial charge >= 0.3 is 8.69 Å². The minimum Gasteiger partial charge on any atom is -0.394 e. The summed E-state index contributed by atoms with van der Waals surface area (Å²) < 4.78 is 15.6. The van der Waals surface area contributed by atoms with E-state index in [1.807, 2.05) is 0 Å². The fraction of sp³-hybridized carbons (Fsp3) is 0.750. The standard InChI is InChI=1S/C4H6N2O4P2/c5-11-6-2(1-7)3(4(6)8)10-12-9/h2-3,5,7H,1H2/t2-,3+/m0/s1. The lowest BCUT2D eigenvalue weighted by Gasteiger charge is -2.40. The van der Waals surface area contributed by atoms with Crippen molar-refractivity contribution in [3.8, 4) is 0 Å². The van der Waals surface area contributed by atoms with E-state index in [2.05, 4.69) is 4.52 Å². The van der Waals surface area contributed by atoms with Gasteiger partial charge in [-0.1, -0.05) is 0 Å². The summed E-state index contributed by atoms with van der Waals surface area (Å²) in [5.74, 6) is -0.408. The molecule has 12 heavy (non-hydrogen) atoms. The number of amides is 1. The molecule has 0 aromatic rings. The molecule has 0 radical (unpaired) electrons. The van der Waals surface area contributed by atoms with Crippen LogP contribution in [0.2, 0.25) is 0 Å². The van der Waals surface area contributed by atoms with Gasteiger partial charge < -0.3 is 5.11 Å². The minimum absolute atomic E-state index is 0.0178. The second-order valence-corrected chi connectivity index (χ2v) is 3.12. The molecule has 0 aromatic heterocycles. The predicted octanol–water partition coefficient (Wildman–Crippen LogP) is 0.405. The molecule has 0 spiro atoms. The van der Waals surface area contributed by atoms with Crippen molar-refractivity contribution in [3.05, 3.63) is 0 Å². The SMILES string of the molecule is N=PN1C(=O)[C@H](OP=O)[C@@H]1CO. The van der Waals surface area contributed by atoms with Crippen molar-refractivity contribution in [2.75, 3.05) is 6.61 Å². The molecule has 0 saturated carbocycles. The van der Waals surface area contributed by atoms with Crippen LogP contribution >= 0.6 is 17.2 Å². The first-order valence-electron chi connectivity index (χ1n) is 3.06. The van der Waals surface area contributed by atoms with Crippen molar-refractivity contribution < 1.29 is 19.0 Å². The second-order valence-electron chi connectivity index (χ2n) is 2.13. The number of nitrogens with one attached hydrogen (secondary N) is 1. The quantitative estimate of drug-likeness (QED) is 0.516. The Morgan fingerprint density at radius 1 is 1.75 bits per heavy atom. The molecular formula is C4H6N2O4P2. The molecule has 2 atom stereocenters. The van der Waals surface area contributed by atoms with Gasteiger partial charge in [0.25, 0.3) is 5.91 Å². The average Bonchev–Trinajstić information content (AvgIpc) is 2.09. The van der Waals surface area contributed by atoms with Gasteiger partial charge in [-0.25, -0.2) is 4.57 Å². The lowest BCUT2D eigenvalue weighted by molar-refractivity contribution is -0.153. The number of carbonyl (C=O) groups excluding carboxylic acids is 1. The summed E-state index contributed by atoms with van der Waals surface area (Å²) >= 11 is 0. The Morgan fingerprint density at radius 2 is 2.42 bits per heavy atom. The summed E-state index contributed by atoms with van der Waals surface area (Å²) in [5.41, 5.74) is 0. The Kier molecular flexibility index (Phi) is 3.23. The van der Waals surface area contributed by atoms with Crippen molar-refractivity contribution in [1.29, 1.82) is 5.16 Å². The zero-order chi connectivity index (χ0) is 9.14. The van der Waals surface area contributed by atoms with Crippen LogP contribution in [0, 0.1) is 5.16 Å². The first kappa shape index (κ1) is 9.68. The Bertz CT molecular complexity index is 223. The summed E-state index contributed by atoms with van der Waals surface area (Å²) in [6.45, 7) is -0.280. The van der Waals surface area contributed by atoms with Gasteiger partial charge in [0.1, 0.15) is 14.6 Å². The molecule has 1 aliphatic heterocycles. The van der Waals surface area contributed by atoms with Crippen LogP contribution in [0.4, 0.5) is 0 Å². The fourth-order valence-corrected chi connectivity index (χ4v) is 1.84. The van der Waals surface area contributed by atoms with Gasteiger partial charge in [0, 0.05) is 0 Å². The van der Waals surface area contributed by atoms with Gasteiger partial charge in [-0.15, -0.1) is 0 Å². The van der Waals surface area contributed by atoms with E-state index in [1.54, 1.807) is 0 Å². The maximum Gasteiger partial charge on any atom is 0.328 e. The third-order valence-electron chi connectivity index (χ3n) is 1.58. The van der Waals surface area contributed by atoms with E-state index in [0.29, 0.717) is 0 Å². The molecule has 1 saturated heterocycles. The maximum atomic E-state index is 11.0. The molecule has 1 rings (SSSR count). The largest absolute Gasteiger partial charge is 0.394 e. The molecular weight excluding hydrogens is 202 g/mol. The Morgan fingerprint density at radius 3 is 2.83 bits per heavy atom. The summed E-state index contributed by atoms with van der Waals surface area (Å²) in [6, 6.07) is -0.530. The van der Waals surface area contributed by atoms with Gasteiger partial charge in [0.15, 0.2) is 6.10 Å². The summed E-state index contributed by atoms with van der Waals surface area (Å²) in [7, 11) is -0.564. The molecule has 1 amide bonds. The van der Waals surface area contributed by atoms with Gasteiger partial charge in [-0.05, 0) is 0 Å². The zero-order valence-electron chi connectivity index (χ0n) is 5.88. The third-order valence-corrected chi connectivity index (χ3v) is 2.61. The molecule has 0 aromatic carbocycles. The van der Waals surface area contributed by atoms with E-state index >= 15 is 0 Å². The van der Waals surface area contributed by atoms with Crippen molar-refractivity contribution in [2.45, 2.75) is 12.1 Å². The molecule has 0 unspecified atom stereocenters. The second kappa shape index (κ2) is 4.01. The average molecular weight is 208 g/mol. The third kappa shape index (κ3) is 1.39. The van der Waals surface area contributed by atoms with Crippen LogP contribution in [0.15, 0.2) is 0 Å². The molecule has 0 aliphatic carbocycles. The Balaban J connectivity index is 2.61. The minimum atomic E-state index is -0.855. The van der Waals surface area contributed by atoms with Crippen molar-refractivity contribution in [1.82, 2.24) is 4.67 Å². The number of rotatable bonds is 4. The van der Waals surface area contributed by atoms with Gasteiger partial charge in [-0.2, -0.15) is 0 Å². The molecule has 1 fully saturated rings.